The monoisotopic (exact) mass is 305 g/mol. The molecule has 1 saturated carbocycles. The van der Waals surface area contributed by atoms with Gasteiger partial charge in [0.05, 0.1) is 5.69 Å². The number of nitrogens with two attached hydrogens (primary N) is 1. The van der Waals surface area contributed by atoms with Crippen LogP contribution >= 0.6 is 0 Å². The molecule has 2 aliphatic rings. The molecule has 6 heteroatoms. The van der Waals surface area contributed by atoms with E-state index in [1.54, 1.807) is 6.07 Å². The van der Waals surface area contributed by atoms with Crippen LogP contribution in [0.15, 0.2) is 28.7 Å². The van der Waals surface area contributed by atoms with Crippen molar-refractivity contribution in [3.05, 3.63) is 35.4 Å². The molecule has 1 fully saturated rings. The molecule has 1 aromatic carbocycles. The van der Waals surface area contributed by atoms with Gasteiger partial charge >= 0.3 is 10.2 Å². The average Bonchev–Trinajstić information content (AvgIpc) is 2.44. The van der Waals surface area contributed by atoms with Crippen molar-refractivity contribution < 1.29 is 8.42 Å². The van der Waals surface area contributed by atoms with Gasteiger partial charge in [-0.2, -0.15) is 8.42 Å². The van der Waals surface area contributed by atoms with E-state index in [0.29, 0.717) is 17.2 Å². The second-order valence-corrected chi connectivity index (χ2v) is 6.92. The number of allylic oxidation sites excluding steroid dienone is 1. The molecule has 3 rings (SSSR count). The van der Waals surface area contributed by atoms with Gasteiger partial charge in [-0.25, -0.2) is 0 Å². The quantitative estimate of drug-likeness (QED) is 0.881. The van der Waals surface area contributed by atoms with Gasteiger partial charge in [-0.15, -0.1) is 4.40 Å². The number of nitrogens with zero attached hydrogens (tertiary/aromatic N) is 1. The van der Waals surface area contributed by atoms with Gasteiger partial charge in [0.2, 0.25) is 0 Å². The number of benzene rings is 1. The molecule has 0 spiro atoms. The van der Waals surface area contributed by atoms with E-state index in [9.17, 15) is 8.42 Å². The van der Waals surface area contributed by atoms with Crippen molar-refractivity contribution in [1.29, 1.82) is 0 Å². The van der Waals surface area contributed by atoms with E-state index in [2.05, 4.69) is 15.2 Å². The van der Waals surface area contributed by atoms with Crippen molar-refractivity contribution >= 4 is 27.8 Å². The standard InChI is InChI=1S/C15H19N3O2S/c16-15-14-12(10-9-11-5-2-1-3-6-11)7-4-8-13(14)17-21(19,20)18-15/h4,7-11,17H,1-3,5-6H2,(H2,16,18)/b10-9+. The Bertz CT molecular complexity index is 702. The minimum atomic E-state index is -3.71. The predicted molar refractivity (Wildman–Crippen MR) is 85.3 cm³/mol. The Labute approximate surface area is 125 Å². The third-order valence-electron chi connectivity index (χ3n) is 4.01. The summed E-state index contributed by atoms with van der Waals surface area (Å²) in [5, 5.41) is 0. The Hall–Kier alpha value is -1.82. The van der Waals surface area contributed by atoms with E-state index < -0.39 is 10.2 Å². The number of fused-ring (bicyclic) bond motifs is 1. The SMILES string of the molecule is NC1=NS(=O)(=O)Nc2cccc(/C=C/C3CCCCC3)c21. The van der Waals surface area contributed by atoms with Crippen molar-refractivity contribution in [2.75, 3.05) is 4.72 Å². The number of rotatable bonds is 2. The van der Waals surface area contributed by atoms with Gasteiger partial charge in [-0.1, -0.05) is 43.5 Å². The third-order valence-corrected chi connectivity index (χ3v) is 4.92. The van der Waals surface area contributed by atoms with Gasteiger partial charge in [0.1, 0.15) is 5.84 Å². The summed E-state index contributed by atoms with van der Waals surface area (Å²) >= 11 is 0. The lowest BCUT2D eigenvalue weighted by atomic mass is 9.88. The van der Waals surface area contributed by atoms with Crippen LogP contribution in [0.5, 0.6) is 0 Å². The fraction of sp³-hybridized carbons (Fsp3) is 0.400. The lowest BCUT2D eigenvalue weighted by molar-refractivity contribution is 0.420. The first kappa shape index (κ1) is 14.1. The third kappa shape index (κ3) is 3.10. The van der Waals surface area contributed by atoms with Crippen LogP contribution in [0.3, 0.4) is 0 Å². The first-order valence-corrected chi connectivity index (χ1v) is 8.69. The van der Waals surface area contributed by atoms with Gasteiger partial charge in [-0.05, 0) is 30.4 Å². The molecule has 0 radical (unpaired) electrons. The van der Waals surface area contributed by atoms with Crippen molar-refractivity contribution in [1.82, 2.24) is 0 Å². The summed E-state index contributed by atoms with van der Waals surface area (Å²) < 4.78 is 29.0. The van der Waals surface area contributed by atoms with E-state index in [0.717, 1.165) is 5.56 Å². The number of hydrogen-bond donors (Lipinski definition) is 2. The lowest BCUT2D eigenvalue weighted by Gasteiger charge is -2.19. The fourth-order valence-corrected chi connectivity index (χ4v) is 3.83. The van der Waals surface area contributed by atoms with Crippen LogP contribution in [0.4, 0.5) is 5.69 Å². The molecule has 0 atom stereocenters. The number of nitrogens with one attached hydrogen (secondary N) is 1. The highest BCUT2D eigenvalue weighted by Gasteiger charge is 2.22. The summed E-state index contributed by atoms with van der Waals surface area (Å²) in [6.07, 6.45) is 10.6. The molecule has 112 valence electrons. The first-order valence-electron chi connectivity index (χ1n) is 7.25. The van der Waals surface area contributed by atoms with Gasteiger partial charge in [0, 0.05) is 5.56 Å². The zero-order chi connectivity index (χ0) is 14.9. The smallest absolute Gasteiger partial charge is 0.344 e. The van der Waals surface area contributed by atoms with E-state index in [1.165, 1.54) is 32.1 Å². The molecule has 1 aliphatic carbocycles. The van der Waals surface area contributed by atoms with Gasteiger partial charge < -0.3 is 5.73 Å². The van der Waals surface area contributed by atoms with Crippen LogP contribution in [0, 0.1) is 5.92 Å². The topological polar surface area (TPSA) is 84.5 Å². The van der Waals surface area contributed by atoms with E-state index >= 15 is 0 Å². The molecule has 0 unspecified atom stereocenters. The Morgan fingerprint density at radius 3 is 2.76 bits per heavy atom. The van der Waals surface area contributed by atoms with Crippen LogP contribution in [-0.2, 0) is 10.2 Å². The molecule has 0 bridgehead atoms. The van der Waals surface area contributed by atoms with Crippen LogP contribution < -0.4 is 10.5 Å². The molecule has 0 aromatic heterocycles. The first-order chi connectivity index (χ1) is 10.1. The van der Waals surface area contributed by atoms with Crippen LogP contribution in [-0.4, -0.2) is 14.3 Å². The number of anilines is 1. The molecular formula is C15H19N3O2S. The largest absolute Gasteiger partial charge is 0.382 e. The Morgan fingerprint density at radius 1 is 1.24 bits per heavy atom. The molecular weight excluding hydrogens is 286 g/mol. The van der Waals surface area contributed by atoms with E-state index in [1.807, 2.05) is 18.2 Å². The maximum Gasteiger partial charge on any atom is 0.344 e. The van der Waals surface area contributed by atoms with E-state index in [4.69, 9.17) is 5.73 Å². The van der Waals surface area contributed by atoms with Gasteiger partial charge in [0.25, 0.3) is 0 Å². The van der Waals surface area contributed by atoms with Crippen LogP contribution in [0.25, 0.3) is 6.08 Å². The maximum absolute atomic E-state index is 11.5. The van der Waals surface area contributed by atoms with Gasteiger partial charge in [-0.3, -0.25) is 4.72 Å². The molecule has 5 nitrogen and oxygen atoms in total. The molecule has 21 heavy (non-hydrogen) atoms. The normalized spacial score (nSPS) is 21.6. The molecule has 1 heterocycles. The lowest BCUT2D eigenvalue weighted by Crippen LogP contribution is -2.27. The van der Waals surface area contributed by atoms with Crippen molar-refractivity contribution in [2.45, 2.75) is 32.1 Å². The Kier molecular flexibility index (Phi) is 3.71. The van der Waals surface area contributed by atoms with E-state index in [-0.39, 0.29) is 5.84 Å². The molecule has 1 aromatic rings. The number of amidine groups is 1. The second kappa shape index (κ2) is 5.52. The highest BCUT2D eigenvalue weighted by Crippen LogP contribution is 2.29. The van der Waals surface area contributed by atoms with Crippen LogP contribution in [0.1, 0.15) is 43.2 Å². The summed E-state index contributed by atoms with van der Waals surface area (Å²) in [4.78, 5) is 0. The minimum absolute atomic E-state index is 0.0487. The molecule has 0 saturated heterocycles. The fourth-order valence-electron chi connectivity index (χ4n) is 2.98. The zero-order valence-electron chi connectivity index (χ0n) is 11.7. The highest BCUT2D eigenvalue weighted by atomic mass is 32.2. The molecule has 1 aliphatic heterocycles. The highest BCUT2D eigenvalue weighted by molar-refractivity contribution is 7.91. The summed E-state index contributed by atoms with van der Waals surface area (Å²) in [6, 6.07) is 5.45. The van der Waals surface area contributed by atoms with Crippen LogP contribution in [0.2, 0.25) is 0 Å². The molecule has 0 amide bonds. The maximum atomic E-state index is 11.5. The second-order valence-electron chi connectivity index (χ2n) is 5.58. The summed E-state index contributed by atoms with van der Waals surface area (Å²) in [6.45, 7) is 0. The van der Waals surface area contributed by atoms with Gasteiger partial charge in [0.15, 0.2) is 0 Å². The zero-order valence-corrected chi connectivity index (χ0v) is 12.6. The summed E-state index contributed by atoms with van der Waals surface area (Å²) in [5.74, 6) is 0.653. The summed E-state index contributed by atoms with van der Waals surface area (Å²) in [7, 11) is -3.71. The van der Waals surface area contributed by atoms with Crippen molar-refractivity contribution in [2.24, 2.45) is 16.0 Å². The summed E-state index contributed by atoms with van der Waals surface area (Å²) in [5.41, 5.74) is 7.89. The Balaban J connectivity index is 1.93. The molecule has 3 N–H and O–H groups in total. The average molecular weight is 305 g/mol. The minimum Gasteiger partial charge on any atom is -0.382 e. The van der Waals surface area contributed by atoms with Crippen molar-refractivity contribution in [3.63, 3.8) is 0 Å². The Morgan fingerprint density at radius 2 is 2.00 bits per heavy atom. The number of hydrogen-bond acceptors (Lipinski definition) is 3. The predicted octanol–water partition coefficient (Wildman–Crippen LogP) is 2.66. The van der Waals surface area contributed by atoms with Crippen molar-refractivity contribution in [3.8, 4) is 0 Å².